The van der Waals surface area contributed by atoms with Gasteiger partial charge in [-0.2, -0.15) is 0 Å². The molecule has 0 saturated carbocycles. The van der Waals surface area contributed by atoms with Crippen LogP contribution in [-0.4, -0.2) is 29.8 Å². The minimum atomic E-state index is -0.804. The molecule has 1 aliphatic rings. The first-order valence-corrected chi connectivity index (χ1v) is 6.78. The Kier molecular flexibility index (Phi) is 3.67. The molecule has 1 aliphatic heterocycles. The van der Waals surface area contributed by atoms with E-state index >= 15 is 0 Å². The third-order valence-corrected chi connectivity index (χ3v) is 3.69. The molecule has 0 aromatic heterocycles. The van der Waals surface area contributed by atoms with Gasteiger partial charge < -0.3 is 15.2 Å². The Balaban J connectivity index is 1.61. The minimum absolute atomic E-state index is 0.0254. The first-order valence-electron chi connectivity index (χ1n) is 6.78. The first-order chi connectivity index (χ1) is 9.72. The molecule has 0 amide bonds. The molecule has 1 unspecified atom stereocenters. The van der Waals surface area contributed by atoms with Gasteiger partial charge >= 0.3 is 5.97 Å². The molecule has 4 heteroatoms. The van der Waals surface area contributed by atoms with Crippen molar-refractivity contribution in [3.8, 4) is 0 Å². The van der Waals surface area contributed by atoms with Gasteiger partial charge in [0.25, 0.3) is 0 Å². The number of ether oxygens (including phenoxy) is 1. The Hall–Kier alpha value is -1.91. The number of carboxylic acids is 1. The van der Waals surface area contributed by atoms with Crippen molar-refractivity contribution in [1.29, 1.82) is 0 Å². The van der Waals surface area contributed by atoms with Gasteiger partial charge in [0.1, 0.15) is 6.04 Å². The van der Waals surface area contributed by atoms with E-state index in [1.54, 1.807) is 0 Å². The van der Waals surface area contributed by atoms with Crippen LogP contribution in [0.25, 0.3) is 10.8 Å². The summed E-state index contributed by atoms with van der Waals surface area (Å²) in [6.45, 7) is 1.12. The number of nitrogens with one attached hydrogen (secondary N) is 1. The normalized spacial score (nSPS) is 22.2. The van der Waals surface area contributed by atoms with Crippen LogP contribution in [0.5, 0.6) is 0 Å². The zero-order chi connectivity index (χ0) is 13.9. The average molecular weight is 271 g/mol. The summed E-state index contributed by atoms with van der Waals surface area (Å²) in [7, 11) is 0. The highest BCUT2D eigenvalue weighted by Crippen LogP contribution is 2.18. The van der Waals surface area contributed by atoms with Gasteiger partial charge in [0, 0.05) is 13.0 Å². The topological polar surface area (TPSA) is 58.6 Å². The van der Waals surface area contributed by atoms with Crippen LogP contribution >= 0.6 is 0 Å². The summed E-state index contributed by atoms with van der Waals surface area (Å²) in [5.41, 5.74) is 1.11. The van der Waals surface area contributed by atoms with Crippen LogP contribution in [0.1, 0.15) is 12.0 Å². The van der Waals surface area contributed by atoms with E-state index in [9.17, 15) is 4.79 Å². The quantitative estimate of drug-likeness (QED) is 0.894. The highest BCUT2D eigenvalue weighted by Gasteiger charge is 2.29. The Morgan fingerprint density at radius 2 is 2.05 bits per heavy atom. The predicted octanol–water partition coefficient (Wildman–Crippen LogP) is 2.17. The summed E-state index contributed by atoms with van der Waals surface area (Å²) in [6.07, 6.45) is 0.505. The lowest BCUT2D eigenvalue weighted by Gasteiger charge is -2.11. The Morgan fingerprint density at radius 1 is 1.25 bits per heavy atom. The highest BCUT2D eigenvalue weighted by atomic mass is 16.5. The molecule has 20 heavy (non-hydrogen) atoms. The third-order valence-electron chi connectivity index (χ3n) is 3.69. The molecule has 0 bridgehead atoms. The zero-order valence-electron chi connectivity index (χ0n) is 11.1. The molecule has 1 saturated heterocycles. The van der Waals surface area contributed by atoms with Gasteiger partial charge in [-0.05, 0) is 22.4 Å². The van der Waals surface area contributed by atoms with Crippen molar-refractivity contribution >= 4 is 16.7 Å². The van der Waals surface area contributed by atoms with Crippen molar-refractivity contribution in [1.82, 2.24) is 5.32 Å². The van der Waals surface area contributed by atoms with Crippen LogP contribution in [0.15, 0.2) is 42.5 Å². The molecular weight excluding hydrogens is 254 g/mol. The number of benzene rings is 2. The molecule has 0 radical (unpaired) electrons. The lowest BCUT2D eigenvalue weighted by molar-refractivity contribution is -0.139. The maximum Gasteiger partial charge on any atom is 0.320 e. The SMILES string of the molecule is O=C(O)[C@@H]1CC(OCc2ccc3ccccc3c2)CN1. The van der Waals surface area contributed by atoms with E-state index in [2.05, 4.69) is 35.6 Å². The fourth-order valence-corrected chi connectivity index (χ4v) is 2.56. The molecular formula is C16H17NO3. The fraction of sp³-hybridized carbons (Fsp3) is 0.312. The summed E-state index contributed by atoms with van der Waals surface area (Å²) >= 11 is 0. The van der Waals surface area contributed by atoms with Crippen LogP contribution in [0.4, 0.5) is 0 Å². The molecule has 2 aromatic rings. The van der Waals surface area contributed by atoms with E-state index in [-0.39, 0.29) is 6.10 Å². The molecule has 104 valence electrons. The van der Waals surface area contributed by atoms with E-state index in [1.165, 1.54) is 10.8 Å². The summed E-state index contributed by atoms with van der Waals surface area (Å²) in [5, 5.41) is 14.3. The van der Waals surface area contributed by atoms with Gasteiger partial charge in [0.05, 0.1) is 12.7 Å². The van der Waals surface area contributed by atoms with Crippen LogP contribution < -0.4 is 5.32 Å². The van der Waals surface area contributed by atoms with Gasteiger partial charge in [-0.3, -0.25) is 4.79 Å². The third kappa shape index (κ3) is 2.81. The molecule has 2 atom stereocenters. The van der Waals surface area contributed by atoms with E-state index in [1.807, 2.05) is 12.1 Å². The van der Waals surface area contributed by atoms with Crippen molar-refractivity contribution in [2.45, 2.75) is 25.2 Å². The molecule has 2 N–H and O–H groups in total. The summed E-state index contributed by atoms with van der Waals surface area (Å²) < 4.78 is 5.79. The predicted molar refractivity (Wildman–Crippen MR) is 76.6 cm³/mol. The first kappa shape index (κ1) is 13.1. The number of aliphatic carboxylic acids is 1. The number of rotatable bonds is 4. The summed E-state index contributed by atoms with van der Waals surface area (Å²) in [4.78, 5) is 10.8. The molecule has 1 heterocycles. The minimum Gasteiger partial charge on any atom is -0.480 e. The van der Waals surface area contributed by atoms with E-state index in [0.29, 0.717) is 19.6 Å². The molecule has 0 spiro atoms. The highest BCUT2D eigenvalue weighted by molar-refractivity contribution is 5.82. The second-order valence-electron chi connectivity index (χ2n) is 5.15. The van der Waals surface area contributed by atoms with E-state index in [4.69, 9.17) is 9.84 Å². The van der Waals surface area contributed by atoms with Crippen molar-refractivity contribution in [3.05, 3.63) is 48.0 Å². The second-order valence-corrected chi connectivity index (χ2v) is 5.15. The number of hydrogen-bond donors (Lipinski definition) is 2. The van der Waals surface area contributed by atoms with Crippen molar-refractivity contribution < 1.29 is 14.6 Å². The maximum absolute atomic E-state index is 10.8. The zero-order valence-corrected chi connectivity index (χ0v) is 11.1. The van der Waals surface area contributed by atoms with Gasteiger partial charge in [0.15, 0.2) is 0 Å². The number of carboxylic acid groups (broad SMARTS) is 1. The van der Waals surface area contributed by atoms with Gasteiger partial charge in [-0.15, -0.1) is 0 Å². The molecule has 4 nitrogen and oxygen atoms in total. The Labute approximate surface area is 117 Å². The molecule has 3 rings (SSSR count). The number of carbonyl (C=O) groups is 1. The second kappa shape index (κ2) is 5.61. The van der Waals surface area contributed by atoms with Gasteiger partial charge in [0.2, 0.25) is 0 Å². The summed E-state index contributed by atoms with van der Waals surface area (Å²) in [6, 6.07) is 14.0. The monoisotopic (exact) mass is 271 g/mol. The fourth-order valence-electron chi connectivity index (χ4n) is 2.56. The standard InChI is InChI=1S/C16H17NO3/c18-16(19)15-8-14(9-17-15)20-10-11-5-6-12-3-1-2-4-13(12)7-11/h1-7,14-15,17H,8-10H2,(H,18,19)/t14?,15-/m0/s1. The maximum atomic E-state index is 10.8. The molecule has 1 fully saturated rings. The van der Waals surface area contributed by atoms with Crippen LogP contribution in [-0.2, 0) is 16.1 Å². The molecule has 0 aliphatic carbocycles. The lowest BCUT2D eigenvalue weighted by Crippen LogP contribution is -2.29. The van der Waals surface area contributed by atoms with Crippen LogP contribution in [0, 0.1) is 0 Å². The Morgan fingerprint density at radius 3 is 2.80 bits per heavy atom. The van der Waals surface area contributed by atoms with Gasteiger partial charge in [-0.1, -0.05) is 36.4 Å². The van der Waals surface area contributed by atoms with Gasteiger partial charge in [-0.25, -0.2) is 0 Å². The number of fused-ring (bicyclic) bond motifs is 1. The van der Waals surface area contributed by atoms with Crippen LogP contribution in [0.3, 0.4) is 0 Å². The lowest BCUT2D eigenvalue weighted by atomic mass is 10.1. The van der Waals surface area contributed by atoms with Crippen LogP contribution in [0.2, 0.25) is 0 Å². The average Bonchev–Trinajstić information content (AvgIpc) is 2.94. The van der Waals surface area contributed by atoms with Crippen molar-refractivity contribution in [2.24, 2.45) is 0 Å². The Bertz CT molecular complexity index is 626. The van der Waals surface area contributed by atoms with E-state index in [0.717, 1.165) is 5.56 Å². The van der Waals surface area contributed by atoms with Crippen molar-refractivity contribution in [2.75, 3.05) is 6.54 Å². The van der Waals surface area contributed by atoms with E-state index < -0.39 is 12.0 Å². The smallest absolute Gasteiger partial charge is 0.320 e. The summed E-state index contributed by atoms with van der Waals surface area (Å²) in [5.74, 6) is -0.804. The largest absolute Gasteiger partial charge is 0.480 e. The van der Waals surface area contributed by atoms with Crippen molar-refractivity contribution in [3.63, 3.8) is 0 Å². The molecule has 2 aromatic carbocycles. The number of hydrogen-bond acceptors (Lipinski definition) is 3.